The summed E-state index contributed by atoms with van der Waals surface area (Å²) in [5.41, 5.74) is 3.50. The van der Waals surface area contributed by atoms with Crippen molar-refractivity contribution in [3.05, 3.63) is 60.2 Å². The van der Waals surface area contributed by atoms with Gasteiger partial charge in [0, 0.05) is 11.8 Å². The van der Waals surface area contributed by atoms with Gasteiger partial charge in [-0.2, -0.15) is 0 Å². The fourth-order valence-electron chi connectivity index (χ4n) is 2.12. The predicted molar refractivity (Wildman–Crippen MR) is 84.3 cm³/mol. The molecular weight excluding hydrogens is 280 g/mol. The standard InChI is InChI=1S/C16H14N4O2/c21-16(22)9-8-12-4-3-5-13(10-12)17-11-20-15-7-2-1-6-14(15)18-19-20/h1-10,17H,11H2,(H,21,22)/b9-8+. The van der Waals surface area contributed by atoms with Crippen molar-refractivity contribution < 1.29 is 9.90 Å². The molecule has 6 nitrogen and oxygen atoms in total. The molecule has 3 rings (SSSR count). The molecule has 0 aliphatic carbocycles. The number of nitrogens with zero attached hydrogens (tertiary/aromatic N) is 3. The first kappa shape index (κ1) is 13.8. The smallest absolute Gasteiger partial charge is 0.328 e. The van der Waals surface area contributed by atoms with Crippen molar-refractivity contribution in [1.29, 1.82) is 0 Å². The van der Waals surface area contributed by atoms with Gasteiger partial charge in [-0.05, 0) is 35.9 Å². The van der Waals surface area contributed by atoms with Crippen LogP contribution >= 0.6 is 0 Å². The number of aromatic nitrogens is 3. The number of aliphatic carboxylic acids is 1. The highest BCUT2D eigenvalue weighted by atomic mass is 16.4. The first-order valence-electron chi connectivity index (χ1n) is 6.75. The minimum atomic E-state index is -0.965. The highest BCUT2D eigenvalue weighted by Crippen LogP contribution is 2.14. The molecule has 0 saturated carbocycles. The molecule has 110 valence electrons. The summed E-state index contributed by atoms with van der Waals surface area (Å²) < 4.78 is 1.77. The van der Waals surface area contributed by atoms with Gasteiger partial charge in [0.05, 0.1) is 5.52 Å². The van der Waals surface area contributed by atoms with Crippen LogP contribution in [0.5, 0.6) is 0 Å². The zero-order valence-electron chi connectivity index (χ0n) is 11.7. The summed E-state index contributed by atoms with van der Waals surface area (Å²) in [6.07, 6.45) is 2.67. The molecule has 22 heavy (non-hydrogen) atoms. The first-order valence-corrected chi connectivity index (χ1v) is 6.75. The van der Waals surface area contributed by atoms with Gasteiger partial charge in [0.2, 0.25) is 0 Å². The van der Waals surface area contributed by atoms with E-state index >= 15 is 0 Å². The number of nitrogens with one attached hydrogen (secondary N) is 1. The zero-order chi connectivity index (χ0) is 15.4. The van der Waals surface area contributed by atoms with Crippen molar-refractivity contribution in [2.45, 2.75) is 6.67 Å². The van der Waals surface area contributed by atoms with E-state index in [0.29, 0.717) is 6.67 Å². The molecule has 0 aliphatic heterocycles. The summed E-state index contributed by atoms with van der Waals surface area (Å²) in [5, 5.41) is 20.1. The fraction of sp³-hybridized carbons (Fsp3) is 0.0625. The molecule has 0 bridgehead atoms. The van der Waals surface area contributed by atoms with Crippen LogP contribution in [0.4, 0.5) is 5.69 Å². The summed E-state index contributed by atoms with van der Waals surface area (Å²) in [6, 6.07) is 15.2. The van der Waals surface area contributed by atoms with Crippen LogP contribution < -0.4 is 5.32 Å². The highest BCUT2D eigenvalue weighted by Gasteiger charge is 2.02. The third-order valence-corrected chi connectivity index (χ3v) is 3.16. The van der Waals surface area contributed by atoms with Crippen LogP contribution in [0.3, 0.4) is 0 Å². The second-order valence-corrected chi connectivity index (χ2v) is 4.71. The molecule has 0 atom stereocenters. The lowest BCUT2D eigenvalue weighted by atomic mass is 10.2. The highest BCUT2D eigenvalue weighted by molar-refractivity contribution is 5.85. The molecule has 0 radical (unpaired) electrons. The molecule has 0 fully saturated rings. The van der Waals surface area contributed by atoms with E-state index < -0.39 is 5.97 Å². The topological polar surface area (TPSA) is 80.0 Å². The van der Waals surface area contributed by atoms with Crippen molar-refractivity contribution >= 4 is 28.8 Å². The van der Waals surface area contributed by atoms with Crippen LogP contribution in [0.1, 0.15) is 5.56 Å². The Bertz CT molecular complexity index is 839. The number of fused-ring (bicyclic) bond motifs is 1. The van der Waals surface area contributed by atoms with Crippen molar-refractivity contribution in [1.82, 2.24) is 15.0 Å². The monoisotopic (exact) mass is 294 g/mol. The van der Waals surface area contributed by atoms with Crippen LogP contribution in [-0.2, 0) is 11.5 Å². The van der Waals surface area contributed by atoms with E-state index in [1.165, 1.54) is 0 Å². The van der Waals surface area contributed by atoms with Gasteiger partial charge in [-0.15, -0.1) is 5.10 Å². The third kappa shape index (κ3) is 3.12. The largest absolute Gasteiger partial charge is 0.478 e. The average Bonchev–Trinajstić information content (AvgIpc) is 2.95. The minimum Gasteiger partial charge on any atom is -0.478 e. The fourth-order valence-corrected chi connectivity index (χ4v) is 2.12. The molecule has 0 aliphatic rings. The second kappa shape index (κ2) is 6.09. The number of hydrogen-bond acceptors (Lipinski definition) is 4. The number of benzene rings is 2. The van der Waals surface area contributed by atoms with Gasteiger partial charge < -0.3 is 10.4 Å². The molecule has 0 spiro atoms. The molecule has 0 saturated heterocycles. The Balaban J connectivity index is 1.74. The van der Waals surface area contributed by atoms with Gasteiger partial charge in [0.1, 0.15) is 12.2 Å². The van der Waals surface area contributed by atoms with Gasteiger partial charge in [0.15, 0.2) is 0 Å². The number of carboxylic acid groups (broad SMARTS) is 1. The lowest BCUT2D eigenvalue weighted by Crippen LogP contribution is -2.09. The predicted octanol–water partition coefficient (Wildman–Crippen LogP) is 2.60. The van der Waals surface area contributed by atoms with Crippen LogP contribution in [-0.4, -0.2) is 26.1 Å². The SMILES string of the molecule is O=C(O)/C=C/c1cccc(NCn2nnc3ccccc32)c1. The Morgan fingerprint density at radius 2 is 2.09 bits per heavy atom. The van der Waals surface area contributed by atoms with Gasteiger partial charge in [0.25, 0.3) is 0 Å². The zero-order valence-corrected chi connectivity index (χ0v) is 11.7. The van der Waals surface area contributed by atoms with Crippen molar-refractivity contribution in [2.75, 3.05) is 5.32 Å². The molecular formula is C16H14N4O2. The molecule has 0 amide bonds. The van der Waals surface area contributed by atoms with E-state index in [0.717, 1.165) is 28.4 Å². The minimum absolute atomic E-state index is 0.479. The van der Waals surface area contributed by atoms with E-state index in [1.807, 2.05) is 48.5 Å². The molecule has 1 heterocycles. The lowest BCUT2D eigenvalue weighted by molar-refractivity contribution is -0.131. The summed E-state index contributed by atoms with van der Waals surface area (Å²) in [7, 11) is 0. The Labute approximate surface area is 126 Å². The van der Waals surface area contributed by atoms with E-state index in [-0.39, 0.29) is 0 Å². The first-order chi connectivity index (χ1) is 10.7. The second-order valence-electron chi connectivity index (χ2n) is 4.71. The maximum absolute atomic E-state index is 10.5. The number of carboxylic acids is 1. The number of para-hydroxylation sites is 1. The van der Waals surface area contributed by atoms with E-state index in [2.05, 4.69) is 15.6 Å². The Kier molecular flexibility index (Phi) is 3.82. The molecule has 2 N–H and O–H groups in total. The Morgan fingerprint density at radius 1 is 1.23 bits per heavy atom. The summed E-state index contributed by atoms with van der Waals surface area (Å²) >= 11 is 0. The molecule has 3 aromatic rings. The Hall–Kier alpha value is -3.15. The molecule has 2 aromatic carbocycles. The molecule has 1 aromatic heterocycles. The van der Waals surface area contributed by atoms with Crippen molar-refractivity contribution in [2.24, 2.45) is 0 Å². The van der Waals surface area contributed by atoms with Gasteiger partial charge >= 0.3 is 5.97 Å². The van der Waals surface area contributed by atoms with Crippen LogP contribution in [0.15, 0.2) is 54.6 Å². The van der Waals surface area contributed by atoms with E-state index in [4.69, 9.17) is 5.11 Å². The number of rotatable bonds is 5. The lowest BCUT2D eigenvalue weighted by Gasteiger charge is -2.07. The third-order valence-electron chi connectivity index (χ3n) is 3.16. The molecule has 6 heteroatoms. The normalized spacial score (nSPS) is 11.1. The number of hydrogen-bond donors (Lipinski definition) is 2. The van der Waals surface area contributed by atoms with Gasteiger partial charge in [-0.1, -0.05) is 29.5 Å². The van der Waals surface area contributed by atoms with E-state index in [1.54, 1.807) is 10.8 Å². The summed E-state index contributed by atoms with van der Waals surface area (Å²) in [6.45, 7) is 0.479. The van der Waals surface area contributed by atoms with Crippen molar-refractivity contribution in [3.8, 4) is 0 Å². The van der Waals surface area contributed by atoms with E-state index in [9.17, 15) is 4.79 Å². The summed E-state index contributed by atoms with van der Waals surface area (Å²) in [4.78, 5) is 10.5. The van der Waals surface area contributed by atoms with Gasteiger partial charge in [-0.3, -0.25) is 0 Å². The van der Waals surface area contributed by atoms with Crippen LogP contribution in [0.2, 0.25) is 0 Å². The van der Waals surface area contributed by atoms with Crippen LogP contribution in [0, 0.1) is 0 Å². The molecule has 0 unspecified atom stereocenters. The quantitative estimate of drug-likeness (QED) is 0.707. The summed E-state index contributed by atoms with van der Waals surface area (Å²) in [5.74, 6) is -0.965. The Morgan fingerprint density at radius 3 is 2.95 bits per heavy atom. The number of anilines is 1. The van der Waals surface area contributed by atoms with Crippen molar-refractivity contribution in [3.63, 3.8) is 0 Å². The maximum Gasteiger partial charge on any atom is 0.328 e. The van der Waals surface area contributed by atoms with Gasteiger partial charge in [-0.25, -0.2) is 9.48 Å². The average molecular weight is 294 g/mol. The number of carbonyl (C=O) groups is 1. The maximum atomic E-state index is 10.5. The van der Waals surface area contributed by atoms with Crippen LogP contribution in [0.25, 0.3) is 17.1 Å².